The molecule has 7 rings (SSSR count). The highest BCUT2D eigenvalue weighted by Crippen LogP contribution is 2.55. The fourth-order valence-corrected chi connectivity index (χ4v) is 5.61. The molecule has 0 radical (unpaired) electrons. The lowest BCUT2D eigenvalue weighted by Gasteiger charge is -2.41. The zero-order chi connectivity index (χ0) is 26.9. The van der Waals surface area contributed by atoms with Gasteiger partial charge >= 0.3 is 0 Å². The minimum absolute atomic E-state index is 0.604. The van der Waals surface area contributed by atoms with Gasteiger partial charge in [-0.1, -0.05) is 84.9 Å². The molecular formula is C36H24N4. The molecule has 0 saturated carbocycles. The van der Waals surface area contributed by atoms with Crippen molar-refractivity contribution in [2.75, 3.05) is 9.80 Å². The number of para-hydroxylation sites is 6. The molecule has 4 nitrogen and oxygen atoms in total. The van der Waals surface area contributed by atoms with E-state index in [9.17, 15) is 5.26 Å². The van der Waals surface area contributed by atoms with Gasteiger partial charge in [-0.05, 0) is 59.7 Å². The van der Waals surface area contributed by atoms with Crippen molar-refractivity contribution in [3.63, 3.8) is 0 Å². The van der Waals surface area contributed by atoms with Crippen LogP contribution in [0.15, 0.2) is 146 Å². The quantitative estimate of drug-likeness (QED) is 0.235. The first kappa shape index (κ1) is 23.5. The van der Waals surface area contributed by atoms with Crippen LogP contribution < -0.4 is 9.80 Å². The molecule has 40 heavy (non-hydrogen) atoms. The molecule has 0 bridgehead atoms. The number of fused-ring (bicyclic) bond motifs is 2. The summed E-state index contributed by atoms with van der Waals surface area (Å²) in [5.41, 5.74) is 11.1. The Kier molecular flexibility index (Phi) is 5.81. The smallest absolute Gasteiger partial charge is 0.0999 e. The predicted molar refractivity (Wildman–Crippen MR) is 163 cm³/mol. The second-order valence-corrected chi connectivity index (χ2v) is 9.58. The number of hydrogen-bond acceptors (Lipinski definition) is 4. The van der Waals surface area contributed by atoms with E-state index in [1.807, 2.05) is 18.2 Å². The lowest BCUT2D eigenvalue weighted by atomic mass is 9.91. The van der Waals surface area contributed by atoms with Crippen LogP contribution in [0, 0.1) is 11.3 Å². The number of benzene rings is 5. The Morgan fingerprint density at radius 2 is 0.925 bits per heavy atom. The van der Waals surface area contributed by atoms with E-state index in [-0.39, 0.29) is 0 Å². The van der Waals surface area contributed by atoms with Crippen LogP contribution in [0.25, 0.3) is 22.3 Å². The Labute approximate surface area is 233 Å². The zero-order valence-electron chi connectivity index (χ0n) is 21.6. The number of nitriles is 1. The highest BCUT2D eigenvalue weighted by Gasteiger charge is 2.31. The van der Waals surface area contributed by atoms with E-state index in [0.29, 0.717) is 5.56 Å². The second kappa shape index (κ2) is 9.90. The van der Waals surface area contributed by atoms with Gasteiger partial charge in [0.1, 0.15) is 0 Å². The Bertz CT molecular complexity index is 1840. The number of hydrogen-bond donors (Lipinski definition) is 0. The molecule has 0 saturated heterocycles. The minimum Gasteiger partial charge on any atom is -0.306 e. The van der Waals surface area contributed by atoms with Crippen LogP contribution >= 0.6 is 0 Å². The van der Waals surface area contributed by atoms with Crippen molar-refractivity contribution in [2.24, 2.45) is 0 Å². The number of pyridine rings is 1. The number of anilines is 6. The van der Waals surface area contributed by atoms with Gasteiger partial charge in [0, 0.05) is 29.2 Å². The molecule has 1 aliphatic rings. The van der Waals surface area contributed by atoms with Gasteiger partial charge < -0.3 is 9.80 Å². The fourth-order valence-electron chi connectivity index (χ4n) is 5.61. The molecule has 188 valence electrons. The third kappa shape index (κ3) is 3.81. The topological polar surface area (TPSA) is 43.2 Å². The molecular weight excluding hydrogens is 488 g/mol. The summed E-state index contributed by atoms with van der Waals surface area (Å²) in [4.78, 5) is 9.02. The number of aromatic nitrogens is 1. The van der Waals surface area contributed by atoms with Gasteiger partial charge in [-0.15, -0.1) is 0 Å². The minimum atomic E-state index is 0.604. The van der Waals surface area contributed by atoms with Crippen LogP contribution in [-0.4, -0.2) is 4.98 Å². The van der Waals surface area contributed by atoms with Gasteiger partial charge in [0.05, 0.1) is 40.1 Å². The van der Waals surface area contributed by atoms with E-state index in [0.717, 1.165) is 56.4 Å². The first-order valence-electron chi connectivity index (χ1n) is 13.2. The Morgan fingerprint density at radius 1 is 0.450 bits per heavy atom. The van der Waals surface area contributed by atoms with Crippen molar-refractivity contribution in [3.8, 4) is 28.3 Å². The summed E-state index contributed by atoms with van der Waals surface area (Å²) in [6, 6.07) is 48.4. The highest BCUT2D eigenvalue weighted by molar-refractivity contribution is 6.04. The van der Waals surface area contributed by atoms with Crippen molar-refractivity contribution in [2.45, 2.75) is 0 Å². The number of nitrogens with zero attached hydrogens (tertiary/aromatic N) is 4. The van der Waals surface area contributed by atoms with Gasteiger partial charge in [-0.2, -0.15) is 5.26 Å². The molecule has 0 spiro atoms. The zero-order valence-corrected chi connectivity index (χ0v) is 21.6. The second-order valence-electron chi connectivity index (χ2n) is 9.58. The average molecular weight is 513 g/mol. The van der Waals surface area contributed by atoms with E-state index in [2.05, 4.69) is 130 Å². The van der Waals surface area contributed by atoms with Crippen LogP contribution in [0.1, 0.15) is 5.56 Å². The predicted octanol–water partition coefficient (Wildman–Crippen LogP) is 9.54. The maximum atomic E-state index is 9.85. The van der Waals surface area contributed by atoms with Gasteiger partial charge in [0.25, 0.3) is 0 Å². The molecule has 0 fully saturated rings. The molecule has 1 aliphatic heterocycles. The number of rotatable bonds is 4. The van der Waals surface area contributed by atoms with Crippen LogP contribution in [-0.2, 0) is 0 Å². The van der Waals surface area contributed by atoms with E-state index in [1.165, 1.54) is 0 Å². The van der Waals surface area contributed by atoms with Crippen molar-refractivity contribution >= 4 is 34.1 Å². The third-order valence-electron chi connectivity index (χ3n) is 7.34. The molecule has 1 aromatic heterocycles. The lowest BCUT2D eigenvalue weighted by Crippen LogP contribution is -2.24. The highest BCUT2D eigenvalue weighted by atomic mass is 15.3. The van der Waals surface area contributed by atoms with Crippen molar-refractivity contribution in [1.29, 1.82) is 5.26 Å². The summed E-state index contributed by atoms with van der Waals surface area (Å²) in [7, 11) is 0. The van der Waals surface area contributed by atoms with Gasteiger partial charge in [-0.25, -0.2) is 0 Å². The standard InChI is InChI=1S/C36H24N4/c37-24-26-22-23-38-25-31(26)29-15-5-4-14-28(29)30-16-6-7-17-32(30)40-35-20-10-8-18-33(35)39(27-12-2-1-3-13-27)34-19-9-11-21-36(34)40/h1-23,25H. The van der Waals surface area contributed by atoms with Crippen molar-refractivity contribution in [1.82, 2.24) is 4.98 Å². The summed E-state index contributed by atoms with van der Waals surface area (Å²) in [6.45, 7) is 0. The Balaban J connectivity index is 1.48. The lowest BCUT2D eigenvalue weighted by molar-refractivity contribution is 1.17. The SMILES string of the molecule is N#Cc1ccncc1-c1ccccc1-c1ccccc1N1c2ccccc2N(c2ccccc2)c2ccccc21. The average Bonchev–Trinajstić information content (AvgIpc) is 3.04. The van der Waals surface area contributed by atoms with Gasteiger partial charge in [-0.3, -0.25) is 4.98 Å². The fraction of sp³-hybridized carbons (Fsp3) is 0. The first-order chi connectivity index (χ1) is 19.8. The molecule has 0 atom stereocenters. The molecule has 0 amide bonds. The molecule has 6 aromatic rings. The molecule has 5 aromatic carbocycles. The van der Waals surface area contributed by atoms with Crippen LogP contribution in [0.4, 0.5) is 34.1 Å². The summed E-state index contributed by atoms with van der Waals surface area (Å²) >= 11 is 0. The van der Waals surface area contributed by atoms with Crippen LogP contribution in [0.2, 0.25) is 0 Å². The monoisotopic (exact) mass is 512 g/mol. The molecule has 0 N–H and O–H groups in total. The normalized spacial score (nSPS) is 11.9. The Hall–Kier alpha value is -5.66. The van der Waals surface area contributed by atoms with E-state index < -0.39 is 0 Å². The third-order valence-corrected chi connectivity index (χ3v) is 7.34. The molecule has 0 unspecified atom stereocenters. The van der Waals surface area contributed by atoms with Crippen LogP contribution in [0.3, 0.4) is 0 Å². The maximum Gasteiger partial charge on any atom is 0.0999 e. The Morgan fingerprint density at radius 3 is 1.52 bits per heavy atom. The molecule has 4 heteroatoms. The first-order valence-corrected chi connectivity index (χ1v) is 13.2. The van der Waals surface area contributed by atoms with E-state index in [4.69, 9.17) is 0 Å². The summed E-state index contributed by atoms with van der Waals surface area (Å²) < 4.78 is 0. The molecule has 2 heterocycles. The maximum absolute atomic E-state index is 9.85. The van der Waals surface area contributed by atoms with E-state index in [1.54, 1.807) is 18.5 Å². The van der Waals surface area contributed by atoms with Crippen molar-refractivity contribution < 1.29 is 0 Å². The van der Waals surface area contributed by atoms with E-state index >= 15 is 0 Å². The molecule has 0 aliphatic carbocycles. The summed E-state index contributed by atoms with van der Waals surface area (Å²) in [5.74, 6) is 0. The van der Waals surface area contributed by atoms with Crippen LogP contribution in [0.5, 0.6) is 0 Å². The van der Waals surface area contributed by atoms with Gasteiger partial charge in [0.2, 0.25) is 0 Å². The summed E-state index contributed by atoms with van der Waals surface area (Å²) in [6.07, 6.45) is 3.45. The largest absolute Gasteiger partial charge is 0.306 e. The van der Waals surface area contributed by atoms with Crippen molar-refractivity contribution in [3.05, 3.63) is 151 Å². The summed E-state index contributed by atoms with van der Waals surface area (Å²) in [5, 5.41) is 9.85. The van der Waals surface area contributed by atoms with Gasteiger partial charge in [0.15, 0.2) is 0 Å².